The number of amides is 1. The van der Waals surface area contributed by atoms with Crippen LogP contribution in [0.3, 0.4) is 0 Å². The maximum Gasteiger partial charge on any atom is 0.229 e. The van der Waals surface area contributed by atoms with Gasteiger partial charge >= 0.3 is 0 Å². The molecule has 3 aromatic heterocycles. The van der Waals surface area contributed by atoms with Gasteiger partial charge in [-0.05, 0) is 36.4 Å². The number of nitrogens with one attached hydrogen (secondary N) is 1. The number of carbonyl (C=O) groups excluding carboxylic acids is 1. The van der Waals surface area contributed by atoms with Gasteiger partial charge in [0.05, 0.1) is 17.8 Å². The number of hydrogen-bond acceptors (Lipinski definition) is 6. The first kappa shape index (κ1) is 17.4. The summed E-state index contributed by atoms with van der Waals surface area (Å²) in [6.45, 7) is 5.08. The number of anilines is 1. The molecule has 0 atom stereocenters. The van der Waals surface area contributed by atoms with Crippen molar-refractivity contribution in [3.8, 4) is 0 Å². The van der Waals surface area contributed by atoms with E-state index >= 15 is 0 Å². The minimum atomic E-state index is 0.0773. The van der Waals surface area contributed by atoms with Crippen molar-refractivity contribution in [1.29, 1.82) is 0 Å². The second-order valence-electron chi connectivity index (χ2n) is 8.19. The van der Waals surface area contributed by atoms with E-state index in [1.54, 1.807) is 0 Å². The van der Waals surface area contributed by atoms with E-state index in [4.69, 9.17) is 4.98 Å². The van der Waals surface area contributed by atoms with Gasteiger partial charge in [0.25, 0.3) is 0 Å². The van der Waals surface area contributed by atoms with E-state index in [0.717, 1.165) is 70.0 Å². The van der Waals surface area contributed by atoms with Crippen LogP contribution in [-0.2, 0) is 30.6 Å². The van der Waals surface area contributed by atoms with E-state index in [2.05, 4.69) is 31.7 Å². The molecule has 0 bridgehead atoms. The number of nitrogens with zero attached hydrogens (tertiary/aromatic N) is 5. The fourth-order valence-electron chi connectivity index (χ4n) is 4.84. The van der Waals surface area contributed by atoms with Gasteiger partial charge in [-0.2, -0.15) is 9.61 Å². The Morgan fingerprint density at radius 2 is 2.07 bits per heavy atom. The lowest BCUT2D eigenvalue weighted by molar-refractivity contribution is -0.137. The quantitative estimate of drug-likeness (QED) is 0.696. The van der Waals surface area contributed by atoms with Gasteiger partial charge in [0, 0.05) is 55.7 Å². The molecule has 1 N–H and O–H groups in total. The predicted molar refractivity (Wildman–Crippen MR) is 112 cm³/mol. The average molecular weight is 409 g/mol. The summed E-state index contributed by atoms with van der Waals surface area (Å²) in [6, 6.07) is 4.14. The standard InChI is InChI=1S/C21H24N6OS/c28-21(25-9-4-18-14(11-25)5-10-29-18)15-12-26(13-15)20-16-1-6-22-7-2-17(16)24-19-3-8-23-27(19)20/h3,5,8,10,15,22H,1-2,4,6-7,9,11-13H2. The van der Waals surface area contributed by atoms with Crippen LogP contribution in [0.1, 0.15) is 21.7 Å². The van der Waals surface area contributed by atoms with Crippen LogP contribution in [0.2, 0.25) is 0 Å². The molecule has 0 aliphatic carbocycles. The second-order valence-corrected chi connectivity index (χ2v) is 9.19. The second kappa shape index (κ2) is 6.81. The zero-order chi connectivity index (χ0) is 19.4. The molecule has 0 aromatic carbocycles. The highest BCUT2D eigenvalue weighted by Crippen LogP contribution is 2.33. The van der Waals surface area contributed by atoms with Gasteiger partial charge in [-0.3, -0.25) is 4.79 Å². The first-order chi connectivity index (χ1) is 14.3. The highest BCUT2D eigenvalue weighted by atomic mass is 32.1. The molecule has 0 radical (unpaired) electrons. The number of carbonyl (C=O) groups is 1. The van der Waals surface area contributed by atoms with Crippen molar-refractivity contribution in [3.63, 3.8) is 0 Å². The normalized spacial score (nSPS) is 19.6. The lowest BCUT2D eigenvalue weighted by Gasteiger charge is -2.43. The van der Waals surface area contributed by atoms with E-state index < -0.39 is 0 Å². The molecule has 29 heavy (non-hydrogen) atoms. The highest BCUT2D eigenvalue weighted by Gasteiger charge is 2.39. The molecule has 0 saturated carbocycles. The molecular weight excluding hydrogens is 384 g/mol. The molecule has 3 aliphatic rings. The topological polar surface area (TPSA) is 65.8 Å². The molecule has 6 rings (SSSR count). The smallest absolute Gasteiger partial charge is 0.229 e. The van der Waals surface area contributed by atoms with E-state index in [1.165, 1.54) is 21.7 Å². The summed E-state index contributed by atoms with van der Waals surface area (Å²) in [5.74, 6) is 1.52. The van der Waals surface area contributed by atoms with Crippen molar-refractivity contribution >= 4 is 28.7 Å². The maximum atomic E-state index is 13.1. The summed E-state index contributed by atoms with van der Waals surface area (Å²) < 4.78 is 1.96. The minimum Gasteiger partial charge on any atom is -0.354 e. The molecule has 0 unspecified atom stereocenters. The zero-order valence-electron chi connectivity index (χ0n) is 16.3. The van der Waals surface area contributed by atoms with Crippen molar-refractivity contribution in [2.75, 3.05) is 37.6 Å². The monoisotopic (exact) mass is 408 g/mol. The molecule has 7 nitrogen and oxygen atoms in total. The molecule has 1 saturated heterocycles. The van der Waals surface area contributed by atoms with Crippen LogP contribution < -0.4 is 10.2 Å². The molecule has 3 aromatic rings. The predicted octanol–water partition coefficient (Wildman–Crippen LogP) is 1.50. The Morgan fingerprint density at radius 1 is 1.17 bits per heavy atom. The Labute approximate surface area is 173 Å². The molecule has 150 valence electrons. The summed E-state index contributed by atoms with van der Waals surface area (Å²) in [5, 5.41) is 10.1. The fraction of sp³-hybridized carbons (Fsp3) is 0.476. The Morgan fingerprint density at radius 3 is 3.00 bits per heavy atom. The first-order valence-electron chi connectivity index (χ1n) is 10.4. The number of rotatable bonds is 2. The number of hydrogen-bond donors (Lipinski definition) is 1. The van der Waals surface area contributed by atoms with Gasteiger partial charge in [-0.1, -0.05) is 0 Å². The first-order valence-corrected chi connectivity index (χ1v) is 11.3. The van der Waals surface area contributed by atoms with Gasteiger partial charge in [0.15, 0.2) is 5.65 Å². The third kappa shape index (κ3) is 2.85. The van der Waals surface area contributed by atoms with Crippen LogP contribution in [0.15, 0.2) is 23.7 Å². The van der Waals surface area contributed by atoms with Gasteiger partial charge in [0.1, 0.15) is 5.82 Å². The van der Waals surface area contributed by atoms with Crippen molar-refractivity contribution in [2.45, 2.75) is 25.8 Å². The summed E-state index contributed by atoms with van der Waals surface area (Å²) in [4.78, 5) is 23.8. The van der Waals surface area contributed by atoms with Crippen molar-refractivity contribution in [3.05, 3.63) is 45.4 Å². The van der Waals surface area contributed by atoms with Crippen molar-refractivity contribution in [1.82, 2.24) is 24.8 Å². The van der Waals surface area contributed by atoms with E-state index in [9.17, 15) is 4.79 Å². The Hall–Kier alpha value is -2.45. The fourth-order valence-corrected chi connectivity index (χ4v) is 5.73. The lowest BCUT2D eigenvalue weighted by atomic mass is 9.95. The summed E-state index contributed by atoms with van der Waals surface area (Å²) in [5.41, 5.74) is 4.69. The van der Waals surface area contributed by atoms with Crippen LogP contribution in [0.4, 0.5) is 5.82 Å². The van der Waals surface area contributed by atoms with E-state index in [1.807, 2.05) is 28.1 Å². The van der Waals surface area contributed by atoms with Crippen molar-refractivity contribution in [2.24, 2.45) is 5.92 Å². The van der Waals surface area contributed by atoms with Crippen LogP contribution >= 0.6 is 11.3 Å². The maximum absolute atomic E-state index is 13.1. The lowest BCUT2D eigenvalue weighted by Crippen LogP contribution is -2.56. The molecule has 1 fully saturated rings. The van der Waals surface area contributed by atoms with Crippen LogP contribution in [0, 0.1) is 5.92 Å². The number of fused-ring (bicyclic) bond motifs is 3. The average Bonchev–Trinajstić information content (AvgIpc) is 3.29. The number of aromatic nitrogens is 3. The molecule has 3 aliphatic heterocycles. The minimum absolute atomic E-state index is 0.0773. The Kier molecular flexibility index (Phi) is 4.09. The largest absolute Gasteiger partial charge is 0.354 e. The highest BCUT2D eigenvalue weighted by molar-refractivity contribution is 7.10. The Bertz CT molecular complexity index is 1080. The molecule has 1 amide bonds. The summed E-state index contributed by atoms with van der Waals surface area (Å²) in [7, 11) is 0. The zero-order valence-corrected chi connectivity index (χ0v) is 17.1. The third-order valence-electron chi connectivity index (χ3n) is 6.43. The molecule has 8 heteroatoms. The molecular formula is C21H24N6OS. The summed E-state index contributed by atoms with van der Waals surface area (Å²) >= 11 is 1.81. The molecule has 6 heterocycles. The Balaban J connectivity index is 1.24. The number of thiophene rings is 1. The van der Waals surface area contributed by atoms with Gasteiger partial charge in [-0.15, -0.1) is 11.3 Å². The van der Waals surface area contributed by atoms with Crippen LogP contribution in [0.25, 0.3) is 5.65 Å². The van der Waals surface area contributed by atoms with E-state index in [-0.39, 0.29) is 5.92 Å². The van der Waals surface area contributed by atoms with Gasteiger partial charge < -0.3 is 15.1 Å². The summed E-state index contributed by atoms with van der Waals surface area (Å²) in [6.07, 6.45) is 4.71. The SMILES string of the molecule is O=C(C1CN(c2c3c(nc4ccnn24)CCNCC3)C1)N1CCc2sccc2C1. The molecule has 0 spiro atoms. The van der Waals surface area contributed by atoms with Crippen molar-refractivity contribution < 1.29 is 4.79 Å². The van der Waals surface area contributed by atoms with Gasteiger partial charge in [-0.25, -0.2) is 4.98 Å². The van der Waals surface area contributed by atoms with Gasteiger partial charge in [0.2, 0.25) is 5.91 Å². The third-order valence-corrected chi connectivity index (χ3v) is 7.45. The van der Waals surface area contributed by atoms with Crippen LogP contribution in [-0.4, -0.2) is 58.1 Å². The van der Waals surface area contributed by atoms with E-state index in [0.29, 0.717) is 5.91 Å². The van der Waals surface area contributed by atoms with Crippen LogP contribution in [0.5, 0.6) is 0 Å².